The Hall–Kier alpha value is -3.86. The lowest BCUT2D eigenvalue weighted by Gasteiger charge is -2.26. The number of rotatable bonds is 9. The van der Waals surface area contributed by atoms with E-state index in [0.717, 1.165) is 17.5 Å². The molecule has 0 aliphatic carbocycles. The van der Waals surface area contributed by atoms with Crippen molar-refractivity contribution in [3.05, 3.63) is 107 Å². The van der Waals surface area contributed by atoms with E-state index in [1.165, 1.54) is 5.56 Å². The number of carbonyl (C=O) groups excluding carboxylic acids is 2. The highest BCUT2D eigenvalue weighted by Crippen LogP contribution is 2.40. The van der Waals surface area contributed by atoms with Crippen LogP contribution in [-0.2, 0) is 16.0 Å². The number of hydrogen-bond donors (Lipinski definition) is 1. The summed E-state index contributed by atoms with van der Waals surface area (Å²) < 4.78 is 5.64. The van der Waals surface area contributed by atoms with Crippen LogP contribution in [-0.4, -0.2) is 34.8 Å². The Morgan fingerprint density at radius 2 is 1.61 bits per heavy atom. The van der Waals surface area contributed by atoms with Crippen molar-refractivity contribution >= 4 is 17.4 Å². The van der Waals surface area contributed by atoms with Gasteiger partial charge in [0.05, 0.1) is 18.2 Å². The number of ketones is 1. The van der Waals surface area contributed by atoms with Gasteiger partial charge in [0.25, 0.3) is 11.7 Å². The summed E-state index contributed by atoms with van der Waals surface area (Å²) in [5.74, 6) is -0.372. The maximum absolute atomic E-state index is 13.3. The highest BCUT2D eigenvalue weighted by molar-refractivity contribution is 6.46. The van der Waals surface area contributed by atoms with E-state index in [0.29, 0.717) is 36.8 Å². The molecule has 1 atom stereocenters. The van der Waals surface area contributed by atoms with Gasteiger partial charge in [-0.1, -0.05) is 75.4 Å². The van der Waals surface area contributed by atoms with Crippen molar-refractivity contribution in [1.82, 2.24) is 4.90 Å². The minimum atomic E-state index is -0.662. The van der Waals surface area contributed by atoms with Gasteiger partial charge in [-0.25, -0.2) is 0 Å². The molecule has 1 aliphatic rings. The molecule has 0 bridgehead atoms. The maximum Gasteiger partial charge on any atom is 0.295 e. The van der Waals surface area contributed by atoms with Crippen LogP contribution < -0.4 is 4.74 Å². The van der Waals surface area contributed by atoms with E-state index < -0.39 is 17.7 Å². The second-order valence-corrected chi connectivity index (χ2v) is 9.42. The molecular formula is C31H33NO4. The predicted molar refractivity (Wildman–Crippen MR) is 142 cm³/mol. The quantitative estimate of drug-likeness (QED) is 0.221. The number of aliphatic hydroxyl groups is 1. The van der Waals surface area contributed by atoms with Crippen molar-refractivity contribution in [2.75, 3.05) is 13.2 Å². The molecule has 1 fully saturated rings. The summed E-state index contributed by atoms with van der Waals surface area (Å²) in [7, 11) is 0. The van der Waals surface area contributed by atoms with Crippen LogP contribution in [0, 0.1) is 0 Å². The number of nitrogens with zero attached hydrogens (tertiary/aromatic N) is 1. The molecule has 0 spiro atoms. The number of ether oxygens (including phenoxy) is 1. The molecule has 1 heterocycles. The number of benzene rings is 3. The average molecular weight is 484 g/mol. The highest BCUT2D eigenvalue weighted by Gasteiger charge is 2.45. The molecule has 1 N–H and O–H groups in total. The van der Waals surface area contributed by atoms with Crippen molar-refractivity contribution < 1.29 is 19.4 Å². The zero-order valence-corrected chi connectivity index (χ0v) is 21.1. The van der Waals surface area contributed by atoms with E-state index in [9.17, 15) is 14.7 Å². The van der Waals surface area contributed by atoms with Gasteiger partial charge in [0.2, 0.25) is 0 Å². The van der Waals surface area contributed by atoms with Crippen LogP contribution in [0.5, 0.6) is 5.75 Å². The van der Waals surface area contributed by atoms with Crippen molar-refractivity contribution in [2.24, 2.45) is 0 Å². The standard InChI is InChI=1S/C31H33NO4/c1-4-20-36-26-16-14-25(15-17-26)29(33)27-28(24-12-10-23(11-13-24)21(2)3)32(31(35)30(27)34)19-18-22-8-6-5-7-9-22/h5-17,21,28,33H,4,18-20H2,1-3H3. The zero-order valence-electron chi connectivity index (χ0n) is 21.1. The van der Waals surface area contributed by atoms with Crippen LogP contribution in [0.2, 0.25) is 0 Å². The lowest BCUT2D eigenvalue weighted by Crippen LogP contribution is -2.31. The van der Waals surface area contributed by atoms with Gasteiger partial charge in [-0.05, 0) is 59.7 Å². The number of carbonyl (C=O) groups is 2. The number of Topliss-reactive ketones (excluding diaryl/α,β-unsaturated/α-hetero) is 1. The van der Waals surface area contributed by atoms with E-state index >= 15 is 0 Å². The first-order chi connectivity index (χ1) is 17.4. The smallest absolute Gasteiger partial charge is 0.295 e. The van der Waals surface area contributed by atoms with Gasteiger partial charge in [0.15, 0.2) is 0 Å². The van der Waals surface area contributed by atoms with Crippen LogP contribution >= 0.6 is 0 Å². The first-order valence-electron chi connectivity index (χ1n) is 12.6. The summed E-state index contributed by atoms with van der Waals surface area (Å²) in [6, 6.07) is 24.1. The number of amides is 1. The first kappa shape index (κ1) is 25.2. The maximum atomic E-state index is 13.3. The molecule has 1 aliphatic heterocycles. The second-order valence-electron chi connectivity index (χ2n) is 9.42. The van der Waals surface area contributed by atoms with Gasteiger partial charge in [-0.3, -0.25) is 9.59 Å². The van der Waals surface area contributed by atoms with Crippen LogP contribution in [0.15, 0.2) is 84.4 Å². The molecule has 0 saturated carbocycles. The van der Waals surface area contributed by atoms with Gasteiger partial charge < -0.3 is 14.7 Å². The largest absolute Gasteiger partial charge is 0.507 e. The number of aliphatic hydroxyl groups excluding tert-OH is 1. The van der Waals surface area contributed by atoms with Crippen molar-refractivity contribution in [2.45, 2.75) is 45.6 Å². The number of likely N-dealkylation sites (tertiary alicyclic amines) is 1. The zero-order chi connectivity index (χ0) is 25.7. The molecule has 5 nitrogen and oxygen atoms in total. The SMILES string of the molecule is CCCOc1ccc(C(O)=C2C(=O)C(=O)N(CCc3ccccc3)C2c2ccc(C(C)C)cc2)cc1. The van der Waals surface area contributed by atoms with Gasteiger partial charge in [0.1, 0.15) is 11.5 Å². The Morgan fingerprint density at radius 3 is 2.22 bits per heavy atom. The molecule has 1 saturated heterocycles. The molecule has 1 unspecified atom stereocenters. The van der Waals surface area contributed by atoms with Gasteiger partial charge >= 0.3 is 0 Å². The Bertz CT molecular complexity index is 1230. The van der Waals surface area contributed by atoms with Gasteiger partial charge in [-0.2, -0.15) is 0 Å². The molecule has 0 radical (unpaired) electrons. The minimum Gasteiger partial charge on any atom is -0.507 e. The Morgan fingerprint density at radius 1 is 0.944 bits per heavy atom. The topological polar surface area (TPSA) is 66.8 Å². The number of hydrogen-bond acceptors (Lipinski definition) is 4. The summed E-state index contributed by atoms with van der Waals surface area (Å²) in [5, 5.41) is 11.3. The van der Waals surface area contributed by atoms with Crippen molar-refractivity contribution in [1.29, 1.82) is 0 Å². The van der Waals surface area contributed by atoms with E-state index in [2.05, 4.69) is 13.8 Å². The summed E-state index contributed by atoms with van der Waals surface area (Å²) in [6.07, 6.45) is 1.50. The normalized spacial score (nSPS) is 17.1. The fraction of sp³-hybridized carbons (Fsp3) is 0.290. The van der Waals surface area contributed by atoms with Gasteiger partial charge in [-0.15, -0.1) is 0 Å². The molecule has 3 aromatic carbocycles. The minimum absolute atomic E-state index is 0.118. The first-order valence-corrected chi connectivity index (χ1v) is 12.6. The Balaban J connectivity index is 1.73. The average Bonchev–Trinajstić information content (AvgIpc) is 3.16. The molecule has 3 aromatic rings. The molecule has 1 amide bonds. The molecule has 0 aromatic heterocycles. The predicted octanol–water partition coefficient (Wildman–Crippen LogP) is 6.26. The van der Waals surface area contributed by atoms with Gasteiger partial charge in [0, 0.05) is 12.1 Å². The molecular weight excluding hydrogens is 450 g/mol. The Kier molecular flexibility index (Phi) is 7.89. The van der Waals surface area contributed by atoms with E-state index in [4.69, 9.17) is 4.74 Å². The fourth-order valence-electron chi connectivity index (χ4n) is 4.50. The molecule has 186 valence electrons. The monoisotopic (exact) mass is 483 g/mol. The Labute approximate surface area is 213 Å². The molecule has 5 heteroatoms. The molecule has 4 rings (SSSR count). The third-order valence-corrected chi connectivity index (χ3v) is 6.54. The molecule has 36 heavy (non-hydrogen) atoms. The lowest BCUT2D eigenvalue weighted by atomic mass is 9.93. The highest BCUT2D eigenvalue weighted by atomic mass is 16.5. The summed E-state index contributed by atoms with van der Waals surface area (Å²) in [6.45, 7) is 7.24. The second kappa shape index (κ2) is 11.3. The third-order valence-electron chi connectivity index (χ3n) is 6.54. The summed E-state index contributed by atoms with van der Waals surface area (Å²) in [4.78, 5) is 28.1. The third kappa shape index (κ3) is 5.35. The van der Waals surface area contributed by atoms with E-state index in [1.54, 1.807) is 29.2 Å². The summed E-state index contributed by atoms with van der Waals surface area (Å²) >= 11 is 0. The lowest BCUT2D eigenvalue weighted by molar-refractivity contribution is -0.139. The van der Waals surface area contributed by atoms with Crippen LogP contribution in [0.4, 0.5) is 0 Å². The van der Waals surface area contributed by atoms with Crippen LogP contribution in [0.3, 0.4) is 0 Å². The van der Waals surface area contributed by atoms with E-state index in [1.807, 2.05) is 61.5 Å². The van der Waals surface area contributed by atoms with E-state index in [-0.39, 0.29) is 11.3 Å². The van der Waals surface area contributed by atoms with Crippen LogP contribution in [0.1, 0.15) is 61.4 Å². The summed E-state index contributed by atoms with van der Waals surface area (Å²) in [5.41, 5.74) is 3.64. The van der Waals surface area contributed by atoms with Crippen molar-refractivity contribution in [3.8, 4) is 5.75 Å². The fourth-order valence-corrected chi connectivity index (χ4v) is 4.50. The van der Waals surface area contributed by atoms with Crippen molar-refractivity contribution in [3.63, 3.8) is 0 Å². The van der Waals surface area contributed by atoms with Crippen LogP contribution in [0.25, 0.3) is 5.76 Å².